The molecule has 0 saturated carbocycles. The molecule has 0 atom stereocenters. The van der Waals surface area contributed by atoms with E-state index >= 15 is 0 Å². The fraction of sp³-hybridized carbons (Fsp3) is 0.462. The van der Waals surface area contributed by atoms with Crippen molar-refractivity contribution in [3.05, 3.63) is 28.5 Å². The molecule has 0 radical (unpaired) electrons. The molecule has 18 heavy (non-hydrogen) atoms. The average Bonchev–Trinajstić information content (AvgIpc) is 2.91. The van der Waals surface area contributed by atoms with Crippen LogP contribution in [-0.4, -0.2) is 50.2 Å². The molecule has 5 heteroatoms. The van der Waals surface area contributed by atoms with Crippen LogP contribution in [0.3, 0.4) is 0 Å². The smallest absolute Gasteiger partial charge is 0.244 e. The lowest BCUT2D eigenvalue weighted by Crippen LogP contribution is -2.41. The molecule has 1 aromatic rings. The van der Waals surface area contributed by atoms with Crippen LogP contribution in [0.2, 0.25) is 0 Å². The first-order valence-corrected chi connectivity index (χ1v) is 7.02. The van der Waals surface area contributed by atoms with Crippen LogP contribution < -0.4 is 5.32 Å². The quantitative estimate of drug-likeness (QED) is 0.815. The van der Waals surface area contributed by atoms with Crippen LogP contribution in [0.25, 0.3) is 6.08 Å². The Hall–Kier alpha value is -1.17. The number of ether oxygens (including phenoxy) is 1. The predicted octanol–water partition coefficient (Wildman–Crippen LogP) is 1.21. The number of hydrogen-bond donors (Lipinski definition) is 1. The van der Waals surface area contributed by atoms with E-state index in [-0.39, 0.29) is 5.91 Å². The zero-order valence-electron chi connectivity index (χ0n) is 10.3. The number of rotatable bonds is 5. The molecular formula is C13H18N2O2S. The fourth-order valence-electron chi connectivity index (χ4n) is 1.76. The van der Waals surface area contributed by atoms with Crippen molar-refractivity contribution in [1.29, 1.82) is 0 Å². The van der Waals surface area contributed by atoms with Crippen LogP contribution in [0, 0.1) is 0 Å². The summed E-state index contributed by atoms with van der Waals surface area (Å²) in [5.41, 5.74) is 0. The van der Waals surface area contributed by atoms with Crippen LogP contribution >= 0.6 is 11.3 Å². The van der Waals surface area contributed by atoms with Gasteiger partial charge in [0.15, 0.2) is 0 Å². The van der Waals surface area contributed by atoms with Crippen LogP contribution in [0.4, 0.5) is 0 Å². The molecular weight excluding hydrogens is 248 g/mol. The van der Waals surface area contributed by atoms with Gasteiger partial charge in [-0.05, 0) is 17.5 Å². The van der Waals surface area contributed by atoms with E-state index in [9.17, 15) is 4.79 Å². The minimum absolute atomic E-state index is 0.0309. The molecule has 2 rings (SSSR count). The van der Waals surface area contributed by atoms with E-state index in [1.54, 1.807) is 17.4 Å². The lowest BCUT2D eigenvalue weighted by molar-refractivity contribution is -0.116. The van der Waals surface area contributed by atoms with Crippen molar-refractivity contribution in [2.24, 2.45) is 0 Å². The van der Waals surface area contributed by atoms with Crippen molar-refractivity contribution in [2.75, 3.05) is 39.4 Å². The first-order valence-electron chi connectivity index (χ1n) is 6.14. The highest BCUT2D eigenvalue weighted by Gasteiger charge is 2.09. The molecule has 0 spiro atoms. The standard InChI is InChI=1S/C13H18N2O2S/c16-13(4-3-12-2-1-11-18-12)14-5-6-15-7-9-17-10-8-15/h1-4,11H,5-10H2,(H,14,16)/b4-3+. The van der Waals surface area contributed by atoms with Gasteiger partial charge in [0.05, 0.1) is 13.2 Å². The van der Waals surface area contributed by atoms with Gasteiger partial charge in [-0.3, -0.25) is 9.69 Å². The molecule has 1 saturated heterocycles. The Labute approximate surface area is 111 Å². The van der Waals surface area contributed by atoms with Gasteiger partial charge in [-0.15, -0.1) is 11.3 Å². The number of nitrogens with one attached hydrogen (secondary N) is 1. The third-order valence-corrected chi connectivity index (χ3v) is 3.61. The summed E-state index contributed by atoms with van der Waals surface area (Å²) in [4.78, 5) is 14.9. The maximum Gasteiger partial charge on any atom is 0.244 e. The van der Waals surface area contributed by atoms with Gasteiger partial charge >= 0.3 is 0 Å². The van der Waals surface area contributed by atoms with E-state index in [4.69, 9.17) is 4.74 Å². The van der Waals surface area contributed by atoms with Gasteiger partial charge in [0.1, 0.15) is 0 Å². The Bertz CT molecular complexity index is 384. The minimum atomic E-state index is -0.0309. The molecule has 1 fully saturated rings. The summed E-state index contributed by atoms with van der Waals surface area (Å²) in [7, 11) is 0. The third-order valence-electron chi connectivity index (χ3n) is 2.77. The largest absolute Gasteiger partial charge is 0.379 e. The van der Waals surface area contributed by atoms with Crippen LogP contribution in [0.5, 0.6) is 0 Å². The molecule has 1 aliphatic rings. The van der Waals surface area contributed by atoms with Crippen molar-refractivity contribution in [3.63, 3.8) is 0 Å². The Morgan fingerprint density at radius 2 is 2.33 bits per heavy atom. The second-order valence-corrected chi connectivity index (χ2v) is 5.07. The number of nitrogens with zero attached hydrogens (tertiary/aromatic N) is 1. The molecule has 4 nitrogen and oxygen atoms in total. The summed E-state index contributed by atoms with van der Waals surface area (Å²) in [6, 6.07) is 3.96. The van der Waals surface area contributed by atoms with Gasteiger partial charge < -0.3 is 10.1 Å². The summed E-state index contributed by atoms with van der Waals surface area (Å²) in [5.74, 6) is -0.0309. The minimum Gasteiger partial charge on any atom is -0.379 e. The van der Waals surface area contributed by atoms with Crippen molar-refractivity contribution >= 4 is 23.3 Å². The summed E-state index contributed by atoms with van der Waals surface area (Å²) in [6.45, 7) is 5.09. The molecule has 0 aliphatic carbocycles. The highest BCUT2D eigenvalue weighted by molar-refractivity contribution is 7.10. The number of hydrogen-bond acceptors (Lipinski definition) is 4. The molecule has 1 aromatic heterocycles. The first-order chi connectivity index (χ1) is 8.84. The lowest BCUT2D eigenvalue weighted by atomic mass is 10.4. The monoisotopic (exact) mass is 266 g/mol. The predicted molar refractivity (Wildman–Crippen MR) is 73.6 cm³/mol. The fourth-order valence-corrected chi connectivity index (χ4v) is 2.38. The van der Waals surface area contributed by atoms with E-state index in [1.165, 1.54) is 0 Å². The summed E-state index contributed by atoms with van der Waals surface area (Å²) in [6.07, 6.45) is 3.43. The Morgan fingerprint density at radius 3 is 3.06 bits per heavy atom. The molecule has 0 unspecified atom stereocenters. The van der Waals surface area contributed by atoms with Gasteiger partial charge in [-0.1, -0.05) is 6.07 Å². The summed E-state index contributed by atoms with van der Waals surface area (Å²) < 4.78 is 5.27. The van der Waals surface area contributed by atoms with E-state index in [0.29, 0.717) is 6.54 Å². The van der Waals surface area contributed by atoms with Crippen molar-refractivity contribution in [1.82, 2.24) is 10.2 Å². The van der Waals surface area contributed by atoms with Crippen LogP contribution in [0.15, 0.2) is 23.6 Å². The van der Waals surface area contributed by atoms with Gasteiger partial charge in [-0.25, -0.2) is 0 Å². The van der Waals surface area contributed by atoms with Crippen molar-refractivity contribution in [3.8, 4) is 0 Å². The van der Waals surface area contributed by atoms with Gasteiger partial charge in [0.2, 0.25) is 5.91 Å². The Kier molecular flexibility index (Phi) is 5.38. The van der Waals surface area contributed by atoms with Crippen LogP contribution in [-0.2, 0) is 9.53 Å². The number of amides is 1. The topological polar surface area (TPSA) is 41.6 Å². The van der Waals surface area contributed by atoms with Crippen molar-refractivity contribution in [2.45, 2.75) is 0 Å². The number of carbonyl (C=O) groups is 1. The molecule has 0 aromatic carbocycles. The van der Waals surface area contributed by atoms with Gasteiger partial charge in [-0.2, -0.15) is 0 Å². The zero-order valence-corrected chi connectivity index (χ0v) is 11.1. The van der Waals surface area contributed by atoms with E-state index in [2.05, 4.69) is 10.2 Å². The third kappa shape index (κ3) is 4.60. The maximum atomic E-state index is 11.5. The molecule has 1 aliphatic heterocycles. The second kappa shape index (κ2) is 7.31. The van der Waals surface area contributed by atoms with Crippen molar-refractivity contribution < 1.29 is 9.53 Å². The normalized spacial score (nSPS) is 17.1. The molecule has 0 bridgehead atoms. The SMILES string of the molecule is O=C(/C=C/c1cccs1)NCCN1CCOCC1. The van der Waals surface area contributed by atoms with E-state index < -0.39 is 0 Å². The number of thiophene rings is 1. The summed E-state index contributed by atoms with van der Waals surface area (Å²) >= 11 is 1.62. The van der Waals surface area contributed by atoms with E-state index in [1.807, 2.05) is 23.6 Å². The van der Waals surface area contributed by atoms with Gasteiger partial charge in [0, 0.05) is 37.1 Å². The second-order valence-electron chi connectivity index (χ2n) is 4.09. The van der Waals surface area contributed by atoms with E-state index in [0.717, 1.165) is 37.7 Å². The highest BCUT2D eigenvalue weighted by Crippen LogP contribution is 2.09. The number of morpholine rings is 1. The highest BCUT2D eigenvalue weighted by atomic mass is 32.1. The lowest BCUT2D eigenvalue weighted by Gasteiger charge is -2.26. The average molecular weight is 266 g/mol. The number of carbonyl (C=O) groups excluding carboxylic acids is 1. The molecule has 2 heterocycles. The first kappa shape index (κ1) is 13.3. The van der Waals surface area contributed by atoms with Crippen LogP contribution in [0.1, 0.15) is 4.88 Å². The Morgan fingerprint density at radius 1 is 1.50 bits per heavy atom. The van der Waals surface area contributed by atoms with Gasteiger partial charge in [0.25, 0.3) is 0 Å². The molecule has 98 valence electrons. The Balaban J connectivity index is 1.62. The maximum absolute atomic E-state index is 11.5. The summed E-state index contributed by atoms with van der Waals surface area (Å²) in [5, 5.41) is 4.88. The molecule has 1 amide bonds. The zero-order chi connectivity index (χ0) is 12.6. The molecule has 1 N–H and O–H groups in total.